The highest BCUT2D eigenvalue weighted by Gasteiger charge is 2.10. The second-order valence-electron chi connectivity index (χ2n) is 3.93. The minimum Gasteiger partial charge on any atom is -0.438 e. The third kappa shape index (κ3) is 2.68. The van der Waals surface area contributed by atoms with Crippen molar-refractivity contribution in [1.29, 1.82) is 0 Å². The van der Waals surface area contributed by atoms with E-state index >= 15 is 0 Å². The third-order valence-electron chi connectivity index (χ3n) is 2.49. The largest absolute Gasteiger partial charge is 0.438 e. The predicted octanol–water partition coefficient (Wildman–Crippen LogP) is 4.04. The number of benzene rings is 1. The molecular formula is C14H12ClNO2. The van der Waals surface area contributed by atoms with Gasteiger partial charge in [0.2, 0.25) is 5.88 Å². The van der Waals surface area contributed by atoms with Crippen molar-refractivity contribution in [1.82, 2.24) is 4.98 Å². The van der Waals surface area contributed by atoms with Crippen molar-refractivity contribution in [2.24, 2.45) is 0 Å². The summed E-state index contributed by atoms with van der Waals surface area (Å²) in [7, 11) is 0. The molecule has 0 N–H and O–H groups in total. The Kier molecular flexibility index (Phi) is 3.63. The van der Waals surface area contributed by atoms with Crippen LogP contribution in [0.4, 0.5) is 0 Å². The first-order valence-electron chi connectivity index (χ1n) is 5.48. The second-order valence-corrected chi connectivity index (χ2v) is 4.33. The molecular weight excluding hydrogens is 250 g/mol. The number of aryl methyl sites for hydroxylation is 1. The average Bonchev–Trinajstić information content (AvgIpc) is 2.34. The minimum atomic E-state index is -0.0798. The normalized spacial score (nSPS) is 10.2. The number of ketones is 1. The van der Waals surface area contributed by atoms with E-state index < -0.39 is 0 Å². The van der Waals surface area contributed by atoms with Gasteiger partial charge in [0, 0.05) is 11.2 Å². The maximum Gasteiger partial charge on any atom is 0.230 e. The molecule has 1 heterocycles. The Hall–Kier alpha value is -1.87. The summed E-state index contributed by atoms with van der Waals surface area (Å²) >= 11 is 5.94. The highest BCUT2D eigenvalue weighted by Crippen LogP contribution is 2.26. The van der Waals surface area contributed by atoms with Gasteiger partial charge in [-0.2, -0.15) is 0 Å². The van der Waals surface area contributed by atoms with Crippen LogP contribution < -0.4 is 4.74 Å². The topological polar surface area (TPSA) is 39.2 Å². The SMILES string of the molecule is CC(=O)c1cccnc1Oc1ccc(Cl)c(C)c1. The molecule has 0 aliphatic rings. The zero-order chi connectivity index (χ0) is 13.1. The number of hydrogen-bond acceptors (Lipinski definition) is 3. The van der Waals surface area contributed by atoms with Gasteiger partial charge in [-0.25, -0.2) is 4.98 Å². The van der Waals surface area contributed by atoms with Crippen LogP contribution in [0.3, 0.4) is 0 Å². The molecule has 0 unspecified atom stereocenters. The Balaban J connectivity index is 2.34. The fraction of sp³-hybridized carbons (Fsp3) is 0.143. The van der Waals surface area contributed by atoms with Gasteiger partial charge in [0.1, 0.15) is 5.75 Å². The number of halogens is 1. The zero-order valence-corrected chi connectivity index (χ0v) is 10.9. The van der Waals surface area contributed by atoms with Crippen molar-refractivity contribution in [3.63, 3.8) is 0 Å². The number of rotatable bonds is 3. The van der Waals surface area contributed by atoms with Crippen LogP contribution >= 0.6 is 11.6 Å². The number of ether oxygens (including phenoxy) is 1. The van der Waals surface area contributed by atoms with Crippen LogP contribution in [0.1, 0.15) is 22.8 Å². The number of pyridine rings is 1. The standard InChI is InChI=1S/C14H12ClNO2/c1-9-8-11(5-6-13(9)15)18-14-12(10(2)17)4-3-7-16-14/h3-8H,1-2H3. The van der Waals surface area contributed by atoms with Gasteiger partial charge in [0.05, 0.1) is 5.56 Å². The lowest BCUT2D eigenvalue weighted by Gasteiger charge is -2.08. The van der Waals surface area contributed by atoms with E-state index in [9.17, 15) is 4.79 Å². The quantitative estimate of drug-likeness (QED) is 0.783. The fourth-order valence-corrected chi connectivity index (χ4v) is 1.65. The van der Waals surface area contributed by atoms with Crippen molar-refractivity contribution in [3.8, 4) is 11.6 Å². The highest BCUT2D eigenvalue weighted by atomic mass is 35.5. The third-order valence-corrected chi connectivity index (χ3v) is 2.92. The van der Waals surface area contributed by atoms with Crippen LogP contribution in [0.25, 0.3) is 0 Å². The molecule has 0 atom stereocenters. The molecule has 0 bridgehead atoms. The number of Topliss-reactive ketones (excluding diaryl/α,β-unsaturated/α-hetero) is 1. The van der Waals surface area contributed by atoms with Crippen LogP contribution in [0.15, 0.2) is 36.5 Å². The molecule has 0 spiro atoms. The number of nitrogens with zero attached hydrogens (tertiary/aromatic N) is 1. The van der Waals surface area contributed by atoms with Gasteiger partial charge in [-0.05, 0) is 49.7 Å². The summed E-state index contributed by atoms with van der Waals surface area (Å²) in [5, 5.41) is 0.676. The summed E-state index contributed by atoms with van der Waals surface area (Å²) in [6.45, 7) is 3.37. The maximum absolute atomic E-state index is 11.4. The molecule has 1 aromatic heterocycles. The van der Waals surface area contributed by atoms with Crippen molar-refractivity contribution in [2.75, 3.05) is 0 Å². The fourth-order valence-electron chi connectivity index (χ4n) is 1.53. The summed E-state index contributed by atoms with van der Waals surface area (Å²) in [6, 6.07) is 8.70. The lowest BCUT2D eigenvalue weighted by molar-refractivity contribution is 0.101. The summed E-state index contributed by atoms with van der Waals surface area (Å²) in [5.41, 5.74) is 1.37. The Bertz CT molecular complexity index is 596. The highest BCUT2D eigenvalue weighted by molar-refractivity contribution is 6.31. The summed E-state index contributed by atoms with van der Waals surface area (Å²) in [6.07, 6.45) is 1.59. The van der Waals surface area contributed by atoms with Crippen LogP contribution in [0.2, 0.25) is 5.02 Å². The first-order valence-corrected chi connectivity index (χ1v) is 5.85. The number of aromatic nitrogens is 1. The van der Waals surface area contributed by atoms with Gasteiger partial charge in [-0.1, -0.05) is 11.6 Å². The number of hydrogen-bond donors (Lipinski definition) is 0. The summed E-state index contributed by atoms with van der Waals surface area (Å²) in [4.78, 5) is 15.5. The van der Waals surface area contributed by atoms with E-state index in [1.807, 2.05) is 6.92 Å². The van der Waals surface area contributed by atoms with Crippen molar-refractivity contribution >= 4 is 17.4 Å². The molecule has 2 aromatic rings. The van der Waals surface area contributed by atoms with E-state index in [-0.39, 0.29) is 5.78 Å². The van der Waals surface area contributed by atoms with Gasteiger partial charge in [-0.3, -0.25) is 4.79 Å². The van der Waals surface area contributed by atoms with E-state index in [2.05, 4.69) is 4.98 Å². The van der Waals surface area contributed by atoms with E-state index in [1.54, 1.807) is 36.5 Å². The average molecular weight is 262 g/mol. The molecule has 1 aromatic carbocycles. The van der Waals surface area contributed by atoms with Gasteiger partial charge in [0.25, 0.3) is 0 Å². The first-order chi connectivity index (χ1) is 8.58. The van der Waals surface area contributed by atoms with Crippen molar-refractivity contribution < 1.29 is 9.53 Å². The Morgan fingerprint density at radius 2 is 2.11 bits per heavy atom. The number of carbonyl (C=O) groups is 1. The predicted molar refractivity (Wildman–Crippen MR) is 70.5 cm³/mol. The Labute approximate surface area is 110 Å². The lowest BCUT2D eigenvalue weighted by Crippen LogP contribution is -1.99. The molecule has 3 nitrogen and oxygen atoms in total. The van der Waals surface area contributed by atoms with Crippen LogP contribution in [-0.4, -0.2) is 10.8 Å². The van der Waals surface area contributed by atoms with Crippen LogP contribution in [0.5, 0.6) is 11.6 Å². The zero-order valence-electron chi connectivity index (χ0n) is 10.1. The van der Waals surface area contributed by atoms with Crippen LogP contribution in [0, 0.1) is 6.92 Å². The molecule has 4 heteroatoms. The number of carbonyl (C=O) groups excluding carboxylic acids is 1. The first kappa shape index (κ1) is 12.6. The van der Waals surface area contributed by atoms with Crippen molar-refractivity contribution in [2.45, 2.75) is 13.8 Å². The van der Waals surface area contributed by atoms with E-state index in [0.717, 1.165) is 5.56 Å². The van der Waals surface area contributed by atoms with E-state index in [1.165, 1.54) is 6.92 Å². The van der Waals surface area contributed by atoms with Gasteiger partial charge >= 0.3 is 0 Å². The summed E-state index contributed by atoms with van der Waals surface area (Å²) in [5.74, 6) is 0.841. The smallest absolute Gasteiger partial charge is 0.230 e. The molecule has 0 saturated heterocycles. The Morgan fingerprint density at radius 1 is 1.33 bits per heavy atom. The second kappa shape index (κ2) is 5.19. The molecule has 18 heavy (non-hydrogen) atoms. The molecule has 0 radical (unpaired) electrons. The molecule has 0 fully saturated rings. The van der Waals surface area contributed by atoms with Gasteiger partial charge in [-0.15, -0.1) is 0 Å². The van der Waals surface area contributed by atoms with E-state index in [4.69, 9.17) is 16.3 Å². The van der Waals surface area contributed by atoms with Crippen LogP contribution in [-0.2, 0) is 0 Å². The van der Waals surface area contributed by atoms with Crippen molar-refractivity contribution in [3.05, 3.63) is 52.7 Å². The molecule has 0 amide bonds. The molecule has 92 valence electrons. The molecule has 0 aliphatic heterocycles. The molecule has 0 saturated carbocycles. The maximum atomic E-state index is 11.4. The molecule has 2 rings (SSSR count). The lowest BCUT2D eigenvalue weighted by atomic mass is 10.2. The monoisotopic (exact) mass is 261 g/mol. The van der Waals surface area contributed by atoms with E-state index in [0.29, 0.717) is 22.2 Å². The van der Waals surface area contributed by atoms with Gasteiger partial charge in [0.15, 0.2) is 5.78 Å². The summed E-state index contributed by atoms with van der Waals surface area (Å²) < 4.78 is 5.62. The van der Waals surface area contributed by atoms with Gasteiger partial charge < -0.3 is 4.74 Å². The minimum absolute atomic E-state index is 0.0798. The Morgan fingerprint density at radius 3 is 2.78 bits per heavy atom. The molecule has 0 aliphatic carbocycles.